The fourth-order valence-corrected chi connectivity index (χ4v) is 9.77. The van der Waals surface area contributed by atoms with Crippen LogP contribution in [-0.4, -0.2) is 92.4 Å². The van der Waals surface area contributed by atoms with Gasteiger partial charge in [0.05, 0.1) is 30.4 Å². The fraction of sp³-hybridized carbons (Fsp3) is 0.717. The van der Waals surface area contributed by atoms with E-state index in [0.29, 0.717) is 12.0 Å². The molecule has 408 valence electrons. The van der Waals surface area contributed by atoms with E-state index in [1.165, 1.54) is 116 Å². The van der Waals surface area contributed by atoms with Crippen molar-refractivity contribution >= 4 is 26.2 Å². The fourth-order valence-electron chi connectivity index (χ4n) is 8.75. The first-order valence-electron chi connectivity index (χ1n) is 28.4. The molecule has 3 N–H and O–H groups in total. The highest BCUT2D eigenvalue weighted by atomic mass is 28.4. The molecule has 3 rings (SSSR count). The Kier molecular flexibility index (Phi) is 31.9. The Balaban J connectivity index is 1.81. The monoisotopic (exact) mass is 1020 g/mol. The maximum Gasteiger partial charge on any atom is 0.338 e. The zero-order valence-electron chi connectivity index (χ0n) is 45.9. The molecule has 72 heavy (non-hydrogen) atoms. The summed E-state index contributed by atoms with van der Waals surface area (Å²) >= 11 is 0. The quantitative estimate of drug-likeness (QED) is 0.0256. The Hall–Kier alpha value is -3.39. The topological polar surface area (TPSA) is 150 Å². The number of carbonyl (C=O) groups is 3. The molecule has 1 saturated heterocycles. The van der Waals surface area contributed by atoms with Gasteiger partial charge in [0.2, 0.25) is 5.91 Å². The Labute approximate surface area is 437 Å². The largest absolute Gasteiger partial charge is 0.452 e. The molecular formula is C60H99NO10Si. The molecule has 0 aliphatic carbocycles. The van der Waals surface area contributed by atoms with Crippen LogP contribution in [0.25, 0.3) is 0 Å². The molecule has 12 heteroatoms. The van der Waals surface area contributed by atoms with Crippen molar-refractivity contribution in [2.45, 2.75) is 263 Å². The Morgan fingerprint density at radius 2 is 1.11 bits per heavy atom. The number of hydrogen-bond acceptors (Lipinski definition) is 10. The van der Waals surface area contributed by atoms with E-state index in [0.717, 1.165) is 38.5 Å². The van der Waals surface area contributed by atoms with Crippen molar-refractivity contribution in [1.82, 2.24) is 5.32 Å². The molecule has 1 fully saturated rings. The minimum Gasteiger partial charge on any atom is -0.452 e. The van der Waals surface area contributed by atoms with E-state index in [4.69, 9.17) is 23.4 Å². The van der Waals surface area contributed by atoms with Crippen LogP contribution in [0.5, 0.6) is 0 Å². The van der Waals surface area contributed by atoms with E-state index >= 15 is 0 Å². The number of unbranched alkanes of at least 4 members (excludes halogenated alkanes) is 23. The number of aliphatic hydroxyl groups is 2. The summed E-state index contributed by atoms with van der Waals surface area (Å²) < 4.78 is 31.5. The first kappa shape index (κ1) is 62.9. The minimum atomic E-state index is -2.33. The average Bonchev–Trinajstić information content (AvgIpc) is 3.36. The van der Waals surface area contributed by atoms with Gasteiger partial charge in [-0.15, -0.1) is 0 Å². The van der Waals surface area contributed by atoms with Crippen LogP contribution in [0, 0.1) is 0 Å². The van der Waals surface area contributed by atoms with Gasteiger partial charge < -0.3 is 38.9 Å². The van der Waals surface area contributed by atoms with E-state index in [2.05, 4.69) is 53.0 Å². The third kappa shape index (κ3) is 25.2. The minimum absolute atomic E-state index is 0.0354. The van der Waals surface area contributed by atoms with E-state index in [-0.39, 0.29) is 36.1 Å². The molecule has 0 spiro atoms. The smallest absolute Gasteiger partial charge is 0.338 e. The molecule has 7 atom stereocenters. The van der Waals surface area contributed by atoms with Gasteiger partial charge in [0, 0.05) is 6.42 Å². The molecule has 1 heterocycles. The van der Waals surface area contributed by atoms with Crippen molar-refractivity contribution < 1.29 is 48.0 Å². The number of carbonyl (C=O) groups excluding carboxylic acids is 3. The number of hydrogen-bond donors (Lipinski definition) is 3. The highest BCUT2D eigenvalue weighted by Gasteiger charge is 2.49. The maximum absolute atomic E-state index is 13.9. The van der Waals surface area contributed by atoms with Gasteiger partial charge in [0.15, 0.2) is 20.7 Å². The van der Waals surface area contributed by atoms with Crippen molar-refractivity contribution in [3.8, 4) is 0 Å². The zero-order chi connectivity index (χ0) is 52.5. The molecule has 0 saturated carbocycles. The number of nitrogens with one attached hydrogen (secondary N) is 1. The molecule has 0 radical (unpaired) electrons. The molecule has 2 aromatic rings. The number of allylic oxidation sites excluding steroid dienone is 1. The molecule has 0 bridgehead atoms. The summed E-state index contributed by atoms with van der Waals surface area (Å²) in [6, 6.07) is 16.2. The van der Waals surface area contributed by atoms with Crippen molar-refractivity contribution in [2.24, 2.45) is 0 Å². The van der Waals surface area contributed by atoms with Crippen LogP contribution in [0.3, 0.4) is 0 Å². The van der Waals surface area contributed by atoms with Crippen molar-refractivity contribution in [2.75, 3.05) is 13.2 Å². The molecule has 2 aromatic carbocycles. The van der Waals surface area contributed by atoms with E-state index in [1.807, 2.05) is 18.2 Å². The lowest BCUT2D eigenvalue weighted by molar-refractivity contribution is -0.300. The van der Waals surface area contributed by atoms with Gasteiger partial charge >= 0.3 is 11.9 Å². The Morgan fingerprint density at radius 3 is 1.60 bits per heavy atom. The first-order valence-corrected chi connectivity index (χ1v) is 31.3. The molecule has 11 nitrogen and oxygen atoms in total. The van der Waals surface area contributed by atoms with E-state index < -0.39 is 63.1 Å². The maximum atomic E-state index is 13.9. The predicted octanol–water partition coefficient (Wildman–Crippen LogP) is 14.1. The highest BCUT2D eigenvalue weighted by Crippen LogP contribution is 2.37. The molecule has 0 aromatic heterocycles. The van der Waals surface area contributed by atoms with Gasteiger partial charge in [0.25, 0.3) is 0 Å². The lowest BCUT2D eigenvalue weighted by atomic mass is 9.99. The summed E-state index contributed by atoms with van der Waals surface area (Å²) in [6.07, 6.45) is 26.1. The van der Waals surface area contributed by atoms with Crippen molar-refractivity contribution in [1.29, 1.82) is 0 Å². The van der Waals surface area contributed by atoms with Gasteiger partial charge in [-0.25, -0.2) is 9.59 Å². The molecule has 1 aliphatic rings. The van der Waals surface area contributed by atoms with Crippen LogP contribution < -0.4 is 5.32 Å². The first-order chi connectivity index (χ1) is 34.7. The third-order valence-corrected chi connectivity index (χ3v) is 19.1. The summed E-state index contributed by atoms with van der Waals surface area (Å²) in [7, 11) is -2.33. The lowest BCUT2D eigenvalue weighted by Gasteiger charge is -2.44. The number of ether oxygens (including phenoxy) is 4. The highest BCUT2D eigenvalue weighted by molar-refractivity contribution is 6.74. The standard InChI is InChI=1S/C60H99NO10Si/c1-8-10-12-14-16-18-20-22-24-26-28-30-38-44-51(69-57(65)48-40-34-32-35-41-48)50(61-53(62)45-39-31-29-27-25-23-21-19-17-15-13-11-9-2)46-67-59-56(71-58(66)49-42-36-33-37-43-49)55(64)54(63)52(70-59)47-68-72(6,7)60(3,4)5/h32-38,40-44,50-52,54-56,59,63-64H,8-31,39,45-47H2,1-7H3,(H,61,62)/t50-,51+,52+,54-,55-,56+,59+/m0/s1. The molecule has 1 aliphatic heterocycles. The second-order valence-electron chi connectivity index (χ2n) is 21.8. The SMILES string of the molecule is CCCCCCCCCCCCCC=C[C@@H](OC(=O)c1ccccc1)[C@H](CO[C@@H]1O[C@H](CO[Si](C)(C)C(C)(C)C)[C@H](O)[C@H](O)[C@H]1OC(=O)c1ccccc1)NC(=O)CCCCCCCCCCCCCCC. The number of amides is 1. The van der Waals surface area contributed by atoms with Gasteiger partial charge in [-0.1, -0.05) is 218 Å². The molecule has 1 amide bonds. The molecule has 0 unspecified atom stereocenters. The van der Waals surface area contributed by atoms with Crippen LogP contribution >= 0.6 is 0 Å². The van der Waals surface area contributed by atoms with Gasteiger partial charge in [-0.2, -0.15) is 0 Å². The summed E-state index contributed by atoms with van der Waals surface area (Å²) in [5, 5.41) is 26.1. The molecular weight excluding hydrogens is 923 g/mol. The summed E-state index contributed by atoms with van der Waals surface area (Å²) in [6.45, 7) is 14.7. The summed E-state index contributed by atoms with van der Waals surface area (Å²) in [5.41, 5.74) is 0.611. The summed E-state index contributed by atoms with van der Waals surface area (Å²) in [5.74, 6) is -1.50. The zero-order valence-corrected chi connectivity index (χ0v) is 46.9. The number of aliphatic hydroxyl groups excluding tert-OH is 2. The third-order valence-electron chi connectivity index (χ3n) is 14.6. The predicted molar refractivity (Wildman–Crippen MR) is 294 cm³/mol. The average molecular weight is 1020 g/mol. The van der Waals surface area contributed by atoms with Gasteiger partial charge in [-0.3, -0.25) is 4.79 Å². The van der Waals surface area contributed by atoms with Gasteiger partial charge in [0.1, 0.15) is 24.4 Å². The summed E-state index contributed by atoms with van der Waals surface area (Å²) in [4.78, 5) is 41.2. The number of rotatable bonds is 39. The van der Waals surface area contributed by atoms with Gasteiger partial charge in [-0.05, 0) is 67.7 Å². The van der Waals surface area contributed by atoms with Crippen molar-refractivity contribution in [3.63, 3.8) is 0 Å². The van der Waals surface area contributed by atoms with Crippen LogP contribution in [0.4, 0.5) is 0 Å². The Bertz CT molecular complexity index is 1750. The van der Waals surface area contributed by atoms with Crippen LogP contribution in [0.1, 0.15) is 222 Å². The number of benzene rings is 2. The number of esters is 2. The lowest BCUT2D eigenvalue weighted by Crippen LogP contribution is -2.62. The van der Waals surface area contributed by atoms with E-state index in [9.17, 15) is 24.6 Å². The van der Waals surface area contributed by atoms with E-state index in [1.54, 1.807) is 54.6 Å². The van der Waals surface area contributed by atoms with Crippen LogP contribution in [0.2, 0.25) is 18.1 Å². The Morgan fingerprint density at radius 1 is 0.653 bits per heavy atom. The van der Waals surface area contributed by atoms with Crippen molar-refractivity contribution in [3.05, 3.63) is 83.9 Å². The normalized spacial score (nSPS) is 19.3. The van der Waals surface area contributed by atoms with Crippen LogP contribution in [-0.2, 0) is 28.2 Å². The van der Waals surface area contributed by atoms with Crippen LogP contribution in [0.15, 0.2) is 72.8 Å². The second-order valence-corrected chi connectivity index (χ2v) is 26.6. The second kappa shape index (κ2) is 36.5.